The van der Waals surface area contributed by atoms with E-state index in [4.69, 9.17) is 19.2 Å². The van der Waals surface area contributed by atoms with Crippen LogP contribution < -0.4 is 4.74 Å². The Morgan fingerprint density at radius 1 is 1.16 bits per heavy atom. The van der Waals surface area contributed by atoms with E-state index in [0.29, 0.717) is 38.7 Å². The van der Waals surface area contributed by atoms with Gasteiger partial charge >= 0.3 is 0 Å². The topological polar surface area (TPSA) is 60.4 Å². The number of carbonyl (C=O) groups excluding carboxylic acids is 1. The van der Waals surface area contributed by atoms with Crippen LogP contribution in [0.25, 0.3) is 0 Å². The highest BCUT2D eigenvalue weighted by molar-refractivity contribution is 6.03. The number of carbonyl (C=O) groups is 1. The molecule has 0 aromatic heterocycles. The molecule has 2 aliphatic rings. The van der Waals surface area contributed by atoms with Crippen LogP contribution in [-0.4, -0.2) is 61.1 Å². The quantitative estimate of drug-likeness (QED) is 0.302. The van der Waals surface area contributed by atoms with Gasteiger partial charge in [0.05, 0.1) is 38.1 Å². The molecule has 204 valence electrons. The molecular weight excluding hydrogens is 464 g/mol. The minimum Gasteiger partial charge on any atom is -0.491 e. The van der Waals surface area contributed by atoms with Crippen molar-refractivity contribution in [2.24, 2.45) is 4.99 Å². The molecule has 1 saturated heterocycles. The van der Waals surface area contributed by atoms with Crippen LogP contribution in [0.2, 0.25) is 0 Å². The number of hydrogen-bond acceptors (Lipinski definition) is 5. The van der Waals surface area contributed by atoms with Crippen molar-refractivity contribution < 1.29 is 19.0 Å². The van der Waals surface area contributed by atoms with Crippen molar-refractivity contribution in [1.29, 1.82) is 0 Å². The number of amides is 1. The predicted molar refractivity (Wildman–Crippen MR) is 151 cm³/mol. The fourth-order valence-corrected chi connectivity index (χ4v) is 4.91. The molecule has 0 saturated carbocycles. The lowest BCUT2D eigenvalue weighted by atomic mass is 9.95. The number of hydrogen-bond donors (Lipinski definition) is 0. The lowest BCUT2D eigenvalue weighted by Gasteiger charge is -2.42. The Morgan fingerprint density at radius 3 is 2.54 bits per heavy atom. The Bertz CT molecular complexity index is 1070. The summed E-state index contributed by atoms with van der Waals surface area (Å²) in [6.07, 6.45) is 5.57. The molecule has 0 unspecified atom stereocenters. The molecule has 0 N–H and O–H groups in total. The molecule has 6 heteroatoms. The average Bonchev–Trinajstić information content (AvgIpc) is 2.86. The predicted octanol–water partition coefficient (Wildman–Crippen LogP) is 6.00. The van der Waals surface area contributed by atoms with Gasteiger partial charge in [0.2, 0.25) is 0 Å². The first kappa shape index (κ1) is 29.1. The normalized spacial score (nSPS) is 19.0. The molecule has 0 bridgehead atoms. The van der Waals surface area contributed by atoms with Crippen LogP contribution in [0, 0.1) is 6.92 Å². The van der Waals surface area contributed by atoms with Gasteiger partial charge in [-0.15, -0.1) is 0 Å². The second-order valence-electron chi connectivity index (χ2n) is 11.1. The van der Waals surface area contributed by atoms with Crippen LogP contribution in [0.15, 0.2) is 40.0 Å². The van der Waals surface area contributed by atoms with Crippen molar-refractivity contribution >= 4 is 11.6 Å². The van der Waals surface area contributed by atoms with Gasteiger partial charge in [0, 0.05) is 12.3 Å². The van der Waals surface area contributed by atoms with Crippen molar-refractivity contribution in [3.63, 3.8) is 0 Å². The summed E-state index contributed by atoms with van der Waals surface area (Å²) in [4.78, 5) is 20.9. The molecule has 3 rings (SSSR count). The van der Waals surface area contributed by atoms with Crippen molar-refractivity contribution in [2.45, 2.75) is 92.7 Å². The molecule has 1 fully saturated rings. The summed E-state index contributed by atoms with van der Waals surface area (Å²) in [7, 11) is 0. The molecule has 1 aromatic rings. The van der Waals surface area contributed by atoms with Crippen molar-refractivity contribution in [2.75, 3.05) is 33.0 Å². The molecule has 0 spiro atoms. The second-order valence-corrected chi connectivity index (χ2v) is 11.1. The minimum atomic E-state index is -0.374. The Morgan fingerprint density at radius 2 is 1.92 bits per heavy atom. The zero-order valence-electron chi connectivity index (χ0n) is 24.2. The summed E-state index contributed by atoms with van der Waals surface area (Å²) >= 11 is 0. The standard InChI is InChI=1S/C31H46N2O4/c1-9-25-19-27(23(5)18-28(25)37-21(2)3)11-10-22(4)29(32-24(6)26-12-15-35-16-13-26)30(34)33-14-17-36-20-31(33,7)8/h12,18-19,21H,9-11,13-17,20H2,1-8H3/b29-22+,32-24+. The van der Waals surface area contributed by atoms with E-state index in [0.717, 1.165) is 48.3 Å². The maximum atomic E-state index is 13.9. The molecule has 0 atom stereocenters. The maximum Gasteiger partial charge on any atom is 0.273 e. The lowest BCUT2D eigenvalue weighted by molar-refractivity contribution is -0.142. The van der Waals surface area contributed by atoms with Crippen molar-refractivity contribution in [3.8, 4) is 5.75 Å². The second kappa shape index (κ2) is 12.9. The highest BCUT2D eigenvalue weighted by atomic mass is 16.5. The molecule has 37 heavy (non-hydrogen) atoms. The third-order valence-corrected chi connectivity index (χ3v) is 7.24. The summed E-state index contributed by atoms with van der Waals surface area (Å²) in [6.45, 7) is 19.6. The van der Waals surface area contributed by atoms with Gasteiger partial charge in [-0.1, -0.05) is 19.1 Å². The largest absolute Gasteiger partial charge is 0.491 e. The van der Waals surface area contributed by atoms with E-state index in [1.54, 1.807) is 0 Å². The summed E-state index contributed by atoms with van der Waals surface area (Å²) in [5.41, 5.74) is 7.00. The van der Waals surface area contributed by atoms with E-state index in [1.165, 1.54) is 16.7 Å². The van der Waals surface area contributed by atoms with Gasteiger partial charge in [0.1, 0.15) is 11.4 Å². The van der Waals surface area contributed by atoms with Crippen LogP contribution in [0.4, 0.5) is 0 Å². The fourth-order valence-electron chi connectivity index (χ4n) is 4.91. The number of aryl methyl sites for hydroxylation is 3. The van der Waals surface area contributed by atoms with E-state index < -0.39 is 0 Å². The van der Waals surface area contributed by atoms with E-state index >= 15 is 0 Å². The number of allylic oxidation sites excluding steroid dienone is 1. The van der Waals surface area contributed by atoms with E-state index in [9.17, 15) is 4.79 Å². The number of benzene rings is 1. The van der Waals surface area contributed by atoms with E-state index in [-0.39, 0.29) is 17.6 Å². The number of nitrogens with zero attached hydrogens (tertiary/aromatic N) is 2. The first-order valence-corrected chi connectivity index (χ1v) is 13.7. The van der Waals surface area contributed by atoms with E-state index in [1.807, 2.05) is 11.8 Å². The molecule has 1 aromatic carbocycles. The number of ether oxygens (including phenoxy) is 3. The highest BCUT2D eigenvalue weighted by Gasteiger charge is 2.36. The number of rotatable bonds is 9. The Kier molecular flexibility index (Phi) is 10.1. The van der Waals surface area contributed by atoms with Crippen LogP contribution in [0.3, 0.4) is 0 Å². The molecule has 0 radical (unpaired) electrons. The van der Waals surface area contributed by atoms with Crippen LogP contribution in [0.1, 0.15) is 78.0 Å². The summed E-state index contributed by atoms with van der Waals surface area (Å²) < 4.78 is 17.2. The molecule has 2 aliphatic heterocycles. The molecule has 0 aliphatic carbocycles. The first-order chi connectivity index (χ1) is 17.5. The maximum absolute atomic E-state index is 13.9. The minimum absolute atomic E-state index is 0.00976. The van der Waals surface area contributed by atoms with Crippen molar-refractivity contribution in [1.82, 2.24) is 4.90 Å². The van der Waals surface area contributed by atoms with Gasteiger partial charge in [-0.05, 0) is 108 Å². The highest BCUT2D eigenvalue weighted by Crippen LogP contribution is 2.29. The third-order valence-electron chi connectivity index (χ3n) is 7.24. The smallest absolute Gasteiger partial charge is 0.273 e. The van der Waals surface area contributed by atoms with Gasteiger partial charge in [-0.25, -0.2) is 4.99 Å². The Balaban J connectivity index is 1.93. The van der Waals surface area contributed by atoms with Crippen LogP contribution in [-0.2, 0) is 27.1 Å². The van der Waals surface area contributed by atoms with Gasteiger partial charge < -0.3 is 19.1 Å². The summed E-state index contributed by atoms with van der Waals surface area (Å²) in [6, 6.07) is 4.43. The van der Waals surface area contributed by atoms with Crippen LogP contribution >= 0.6 is 0 Å². The third kappa shape index (κ3) is 7.55. The van der Waals surface area contributed by atoms with Gasteiger partial charge in [0.25, 0.3) is 5.91 Å². The van der Waals surface area contributed by atoms with Gasteiger partial charge in [-0.2, -0.15) is 0 Å². The molecule has 6 nitrogen and oxygen atoms in total. The molecule has 2 heterocycles. The first-order valence-electron chi connectivity index (χ1n) is 13.7. The monoisotopic (exact) mass is 510 g/mol. The van der Waals surface area contributed by atoms with Crippen LogP contribution in [0.5, 0.6) is 5.75 Å². The Labute approximate surface area is 223 Å². The van der Waals surface area contributed by atoms with Gasteiger partial charge in [-0.3, -0.25) is 4.79 Å². The fraction of sp³-hybridized carbons (Fsp3) is 0.613. The zero-order chi connectivity index (χ0) is 27.2. The zero-order valence-corrected chi connectivity index (χ0v) is 24.2. The van der Waals surface area contributed by atoms with E-state index in [2.05, 4.69) is 66.7 Å². The van der Waals surface area contributed by atoms with Crippen molar-refractivity contribution in [3.05, 3.63) is 51.7 Å². The number of morpholine rings is 1. The molecule has 1 amide bonds. The molecular formula is C31H46N2O4. The Hall–Kier alpha value is -2.44. The average molecular weight is 511 g/mol. The SMILES string of the molecule is CCc1cc(CC/C(C)=C(/N=C(\C)C2=CCOCC2)C(=O)N2CCOCC2(C)C)c(C)cc1OC(C)C. The lowest BCUT2D eigenvalue weighted by Crippen LogP contribution is -2.55. The summed E-state index contributed by atoms with van der Waals surface area (Å²) in [5, 5.41) is 0. The van der Waals surface area contributed by atoms with Gasteiger partial charge in [0.15, 0.2) is 0 Å². The number of aliphatic imine (C=N–C) groups is 1. The summed E-state index contributed by atoms with van der Waals surface area (Å²) in [5.74, 6) is 0.964.